The topological polar surface area (TPSA) is 61.6 Å². The summed E-state index contributed by atoms with van der Waals surface area (Å²) in [6.45, 7) is 6.47. The zero-order valence-corrected chi connectivity index (χ0v) is 12.7. The molecule has 0 unspecified atom stereocenters. The number of benzene rings is 1. The molecule has 1 aromatic heterocycles. The maximum absolute atomic E-state index is 12.2. The second kappa shape index (κ2) is 6.62. The van der Waals surface area contributed by atoms with Gasteiger partial charge in [0.15, 0.2) is 11.6 Å². The van der Waals surface area contributed by atoms with Crippen LogP contribution in [0.4, 0.5) is 10.6 Å². The second-order valence-electron chi connectivity index (χ2n) is 5.29. The van der Waals surface area contributed by atoms with Crippen LogP contribution in [-0.4, -0.2) is 53.7 Å². The summed E-state index contributed by atoms with van der Waals surface area (Å²) in [6.07, 6.45) is 0. The van der Waals surface area contributed by atoms with E-state index in [1.807, 2.05) is 35.2 Å². The number of carbonyl (C=O) groups is 1. The number of likely N-dealkylation sites (N-methyl/N-ethyl adjacent to an activating group) is 1. The number of urea groups is 1. The quantitative estimate of drug-likeness (QED) is 0.946. The van der Waals surface area contributed by atoms with Crippen molar-refractivity contribution in [3.63, 3.8) is 0 Å². The fraction of sp³-hybridized carbons (Fsp3) is 0.375. The Morgan fingerprint density at radius 2 is 1.95 bits per heavy atom. The molecular weight excluding hydrogens is 280 g/mol. The fourth-order valence-corrected chi connectivity index (χ4v) is 2.53. The van der Waals surface area contributed by atoms with Gasteiger partial charge >= 0.3 is 6.03 Å². The molecule has 2 aromatic rings. The number of piperazine rings is 1. The average molecular weight is 300 g/mol. The van der Waals surface area contributed by atoms with Crippen molar-refractivity contribution in [2.45, 2.75) is 6.92 Å². The van der Waals surface area contributed by atoms with Crippen LogP contribution in [-0.2, 0) is 0 Å². The Morgan fingerprint density at radius 3 is 2.64 bits per heavy atom. The van der Waals surface area contributed by atoms with Gasteiger partial charge in [-0.3, -0.25) is 5.32 Å². The maximum Gasteiger partial charge on any atom is 0.323 e. The van der Waals surface area contributed by atoms with Gasteiger partial charge in [0, 0.05) is 37.8 Å². The van der Waals surface area contributed by atoms with Gasteiger partial charge in [0.2, 0.25) is 0 Å². The summed E-state index contributed by atoms with van der Waals surface area (Å²) < 4.78 is 5.28. The van der Waals surface area contributed by atoms with Crippen LogP contribution < -0.4 is 5.32 Å². The maximum atomic E-state index is 12.2. The molecule has 1 aliphatic heterocycles. The van der Waals surface area contributed by atoms with E-state index in [4.69, 9.17) is 4.52 Å². The minimum absolute atomic E-state index is 0.122. The van der Waals surface area contributed by atoms with Gasteiger partial charge in [0.25, 0.3) is 0 Å². The summed E-state index contributed by atoms with van der Waals surface area (Å²) in [4.78, 5) is 16.4. The van der Waals surface area contributed by atoms with Crippen molar-refractivity contribution in [2.24, 2.45) is 0 Å². The van der Waals surface area contributed by atoms with Crippen LogP contribution in [0.25, 0.3) is 11.3 Å². The van der Waals surface area contributed by atoms with Gasteiger partial charge in [-0.15, -0.1) is 0 Å². The third kappa shape index (κ3) is 3.28. The molecule has 1 aliphatic rings. The molecule has 2 amide bonds. The first-order valence-corrected chi connectivity index (χ1v) is 7.56. The molecular formula is C16H20N4O2. The Hall–Kier alpha value is -2.34. The van der Waals surface area contributed by atoms with Crippen LogP contribution in [0.15, 0.2) is 40.9 Å². The van der Waals surface area contributed by atoms with Crippen LogP contribution in [0, 0.1) is 0 Å². The molecule has 0 bridgehead atoms. The number of nitrogens with one attached hydrogen (secondary N) is 1. The van der Waals surface area contributed by atoms with E-state index >= 15 is 0 Å². The third-order valence-corrected chi connectivity index (χ3v) is 3.91. The molecule has 0 saturated carbocycles. The lowest BCUT2D eigenvalue weighted by molar-refractivity contribution is 0.151. The predicted molar refractivity (Wildman–Crippen MR) is 84.6 cm³/mol. The van der Waals surface area contributed by atoms with Crippen LogP contribution in [0.3, 0.4) is 0 Å². The number of hydrogen-bond acceptors (Lipinski definition) is 4. The summed E-state index contributed by atoms with van der Waals surface area (Å²) in [7, 11) is 0. The SMILES string of the molecule is CCN1CCN(C(=O)Nc2cc(-c3ccccc3)on2)CC1. The van der Waals surface area contributed by atoms with Gasteiger partial charge in [-0.2, -0.15) is 0 Å². The van der Waals surface area contributed by atoms with Crippen LogP contribution in [0.2, 0.25) is 0 Å². The van der Waals surface area contributed by atoms with Crippen molar-refractivity contribution in [3.8, 4) is 11.3 Å². The molecule has 1 N–H and O–H groups in total. The number of anilines is 1. The number of hydrogen-bond donors (Lipinski definition) is 1. The Morgan fingerprint density at radius 1 is 1.23 bits per heavy atom. The summed E-state index contributed by atoms with van der Waals surface area (Å²) in [6, 6.07) is 11.3. The van der Waals surface area contributed by atoms with E-state index < -0.39 is 0 Å². The van der Waals surface area contributed by atoms with Crippen molar-refractivity contribution in [1.29, 1.82) is 0 Å². The molecule has 0 spiro atoms. The Bertz CT molecular complexity index is 618. The summed E-state index contributed by atoms with van der Waals surface area (Å²) >= 11 is 0. The van der Waals surface area contributed by atoms with E-state index in [-0.39, 0.29) is 6.03 Å². The molecule has 1 fully saturated rings. The van der Waals surface area contributed by atoms with E-state index in [0.717, 1.165) is 38.3 Å². The van der Waals surface area contributed by atoms with Crippen molar-refractivity contribution >= 4 is 11.8 Å². The number of aromatic nitrogens is 1. The molecule has 1 aromatic carbocycles. The van der Waals surface area contributed by atoms with Crippen molar-refractivity contribution in [2.75, 3.05) is 38.0 Å². The Labute approximate surface area is 129 Å². The molecule has 3 rings (SSSR count). The zero-order chi connectivity index (χ0) is 15.4. The Kier molecular flexibility index (Phi) is 4.39. The van der Waals surface area contributed by atoms with E-state index in [0.29, 0.717) is 11.6 Å². The lowest BCUT2D eigenvalue weighted by Crippen LogP contribution is -2.49. The second-order valence-corrected chi connectivity index (χ2v) is 5.29. The molecule has 1 saturated heterocycles. The van der Waals surface area contributed by atoms with Gasteiger partial charge in [0.1, 0.15) is 0 Å². The number of carbonyl (C=O) groups excluding carboxylic acids is 1. The molecule has 0 atom stereocenters. The number of rotatable bonds is 3. The highest BCUT2D eigenvalue weighted by Crippen LogP contribution is 2.22. The standard InChI is InChI=1S/C16H20N4O2/c1-2-19-8-10-20(11-9-19)16(21)17-15-12-14(22-18-15)13-6-4-3-5-7-13/h3-7,12H,2,8-11H2,1H3,(H,17,18,21). The van der Waals surface area contributed by atoms with Crippen molar-refractivity contribution < 1.29 is 9.32 Å². The van der Waals surface area contributed by atoms with Gasteiger partial charge < -0.3 is 14.3 Å². The molecule has 0 aliphatic carbocycles. The van der Waals surface area contributed by atoms with Crippen LogP contribution in [0.1, 0.15) is 6.92 Å². The molecule has 22 heavy (non-hydrogen) atoms. The molecule has 0 radical (unpaired) electrons. The van der Waals surface area contributed by atoms with E-state index in [9.17, 15) is 4.79 Å². The summed E-state index contributed by atoms with van der Waals surface area (Å²) in [5.74, 6) is 1.09. The predicted octanol–water partition coefficient (Wildman–Crippen LogP) is 2.51. The van der Waals surface area contributed by atoms with E-state index in [2.05, 4.69) is 22.3 Å². The van der Waals surface area contributed by atoms with E-state index in [1.165, 1.54) is 0 Å². The van der Waals surface area contributed by atoms with Crippen molar-refractivity contribution in [3.05, 3.63) is 36.4 Å². The first-order chi connectivity index (χ1) is 10.8. The molecule has 6 heteroatoms. The van der Waals surface area contributed by atoms with Gasteiger partial charge in [-0.05, 0) is 6.54 Å². The highest BCUT2D eigenvalue weighted by atomic mass is 16.5. The first kappa shape index (κ1) is 14.6. The smallest absolute Gasteiger partial charge is 0.323 e. The van der Waals surface area contributed by atoms with Crippen LogP contribution in [0.5, 0.6) is 0 Å². The molecule has 116 valence electrons. The molecule has 2 heterocycles. The lowest BCUT2D eigenvalue weighted by Gasteiger charge is -2.33. The largest absolute Gasteiger partial charge is 0.354 e. The summed E-state index contributed by atoms with van der Waals surface area (Å²) in [5.41, 5.74) is 0.937. The van der Waals surface area contributed by atoms with Gasteiger partial charge in [0.05, 0.1) is 0 Å². The monoisotopic (exact) mass is 300 g/mol. The minimum Gasteiger partial charge on any atom is -0.354 e. The average Bonchev–Trinajstić information content (AvgIpc) is 3.04. The van der Waals surface area contributed by atoms with Gasteiger partial charge in [-0.25, -0.2) is 4.79 Å². The first-order valence-electron chi connectivity index (χ1n) is 7.56. The van der Waals surface area contributed by atoms with Gasteiger partial charge in [-0.1, -0.05) is 42.4 Å². The highest BCUT2D eigenvalue weighted by Gasteiger charge is 2.21. The van der Waals surface area contributed by atoms with Crippen LogP contribution >= 0.6 is 0 Å². The normalized spacial score (nSPS) is 15.8. The highest BCUT2D eigenvalue weighted by molar-refractivity contribution is 5.88. The fourth-order valence-electron chi connectivity index (χ4n) is 2.53. The lowest BCUT2D eigenvalue weighted by atomic mass is 10.2. The van der Waals surface area contributed by atoms with Crippen molar-refractivity contribution in [1.82, 2.24) is 15.0 Å². The summed E-state index contributed by atoms with van der Waals surface area (Å²) in [5, 5.41) is 6.71. The minimum atomic E-state index is -0.122. The Balaban J connectivity index is 1.60. The zero-order valence-electron chi connectivity index (χ0n) is 12.7. The van der Waals surface area contributed by atoms with E-state index in [1.54, 1.807) is 6.07 Å². The number of nitrogens with zero attached hydrogens (tertiary/aromatic N) is 3. The molecule has 6 nitrogen and oxygen atoms in total. The third-order valence-electron chi connectivity index (χ3n) is 3.91. The number of amides is 2.